The highest BCUT2D eigenvalue weighted by Crippen LogP contribution is 2.24. The van der Waals surface area contributed by atoms with Crippen LogP contribution in [0.5, 0.6) is 0 Å². The van der Waals surface area contributed by atoms with Gasteiger partial charge in [-0.1, -0.05) is 0 Å². The molecule has 1 heterocycles. The van der Waals surface area contributed by atoms with Gasteiger partial charge in [0.2, 0.25) is 0 Å². The van der Waals surface area contributed by atoms with Gasteiger partial charge < -0.3 is 4.42 Å². The molecule has 7 heteroatoms. The van der Waals surface area contributed by atoms with Gasteiger partial charge in [0.1, 0.15) is 5.76 Å². The van der Waals surface area contributed by atoms with Crippen molar-refractivity contribution >= 4 is 32.4 Å². The first kappa shape index (κ1) is 11.8. The molecule has 0 aromatic carbocycles. The van der Waals surface area contributed by atoms with E-state index >= 15 is 0 Å². The maximum atomic E-state index is 10.3. The Morgan fingerprint density at radius 1 is 1.50 bits per heavy atom. The van der Waals surface area contributed by atoms with E-state index in [0.29, 0.717) is 5.76 Å². The summed E-state index contributed by atoms with van der Waals surface area (Å²) in [5, 5.41) is 0.171. The number of furan rings is 1. The Labute approximate surface area is 79.9 Å². The van der Waals surface area contributed by atoms with Crippen molar-refractivity contribution in [1.82, 2.24) is 0 Å². The largest absolute Gasteiger partial charge is 0.454 e. The van der Waals surface area contributed by atoms with Crippen LogP contribution < -0.4 is 0 Å². The molecule has 4 nitrogen and oxygen atoms in total. The molecule has 0 amide bonds. The smallest absolute Gasteiger partial charge is 0.327 e. The van der Waals surface area contributed by atoms with Crippen LogP contribution >= 0.6 is 23.2 Å². The third-order valence-electron chi connectivity index (χ3n) is 0.903. The SMILES string of the molecule is Cc1ccc(SS(=O)(=O)O)o1.Cl. The number of aryl methyl sites for hydroxylation is 1. The first-order chi connectivity index (χ1) is 4.97. The molecule has 0 radical (unpaired) electrons. The van der Waals surface area contributed by atoms with Crippen LogP contribution in [0.25, 0.3) is 0 Å². The van der Waals surface area contributed by atoms with Crippen molar-refractivity contribution in [3.63, 3.8) is 0 Å². The summed E-state index contributed by atoms with van der Waals surface area (Å²) >= 11 is 0. The second-order valence-electron chi connectivity index (χ2n) is 1.88. The van der Waals surface area contributed by atoms with Crippen LogP contribution in [0.2, 0.25) is 0 Å². The average Bonchev–Trinajstić information content (AvgIpc) is 2.10. The second kappa shape index (κ2) is 4.18. The molecule has 0 spiro atoms. The van der Waals surface area contributed by atoms with Crippen molar-refractivity contribution in [3.05, 3.63) is 17.9 Å². The summed E-state index contributed by atoms with van der Waals surface area (Å²) in [7, 11) is -3.76. The van der Waals surface area contributed by atoms with Crippen molar-refractivity contribution in [2.24, 2.45) is 0 Å². The molecule has 1 N–H and O–H groups in total. The fourth-order valence-corrected chi connectivity index (χ4v) is 1.95. The van der Waals surface area contributed by atoms with E-state index in [0.717, 1.165) is 0 Å². The van der Waals surface area contributed by atoms with Gasteiger partial charge in [-0.3, -0.25) is 4.55 Å². The maximum Gasteiger partial charge on any atom is 0.327 e. The zero-order valence-electron chi connectivity index (χ0n) is 6.05. The van der Waals surface area contributed by atoms with E-state index in [1.54, 1.807) is 13.0 Å². The maximum absolute atomic E-state index is 10.3. The van der Waals surface area contributed by atoms with Crippen molar-refractivity contribution in [2.75, 3.05) is 0 Å². The van der Waals surface area contributed by atoms with Crippen LogP contribution in [0.1, 0.15) is 5.76 Å². The summed E-state index contributed by atoms with van der Waals surface area (Å²) in [6.07, 6.45) is 0. The molecular formula is C5H7ClO4S2. The van der Waals surface area contributed by atoms with Gasteiger partial charge >= 0.3 is 9.15 Å². The Hall–Kier alpha value is -0.170. The third kappa shape index (κ3) is 4.01. The topological polar surface area (TPSA) is 67.5 Å². The van der Waals surface area contributed by atoms with Gasteiger partial charge in [0.25, 0.3) is 0 Å². The highest BCUT2D eigenvalue weighted by Gasteiger charge is 2.10. The van der Waals surface area contributed by atoms with Crippen LogP contribution in [0.4, 0.5) is 0 Å². The molecule has 0 fully saturated rings. The van der Waals surface area contributed by atoms with Gasteiger partial charge in [0, 0.05) is 0 Å². The first-order valence-corrected chi connectivity index (χ1v) is 5.48. The number of hydrogen-bond acceptors (Lipinski definition) is 4. The van der Waals surface area contributed by atoms with Gasteiger partial charge in [-0.2, -0.15) is 8.42 Å². The lowest BCUT2D eigenvalue weighted by atomic mass is 10.5. The van der Waals surface area contributed by atoms with Gasteiger partial charge in [-0.15, -0.1) is 12.4 Å². The minimum Gasteiger partial charge on any atom is -0.454 e. The predicted octanol–water partition coefficient (Wildman–Crippen LogP) is 1.90. The fourth-order valence-electron chi connectivity index (χ4n) is 0.561. The van der Waals surface area contributed by atoms with E-state index in [1.807, 2.05) is 0 Å². The Bertz CT molecular complexity index is 342. The summed E-state index contributed by atoms with van der Waals surface area (Å²) in [5.41, 5.74) is 0. The molecule has 0 aliphatic carbocycles. The first-order valence-electron chi connectivity index (χ1n) is 2.71. The molecule has 1 aromatic heterocycles. The lowest BCUT2D eigenvalue weighted by Gasteiger charge is -1.89. The molecule has 0 saturated heterocycles. The van der Waals surface area contributed by atoms with E-state index in [4.69, 9.17) is 8.97 Å². The van der Waals surface area contributed by atoms with E-state index in [2.05, 4.69) is 0 Å². The number of halogens is 1. The van der Waals surface area contributed by atoms with Gasteiger partial charge in [0.05, 0.1) is 10.8 Å². The van der Waals surface area contributed by atoms with E-state index in [9.17, 15) is 8.42 Å². The highest BCUT2D eigenvalue weighted by atomic mass is 35.5. The molecule has 0 aliphatic heterocycles. The van der Waals surface area contributed by atoms with E-state index in [1.165, 1.54) is 6.07 Å². The normalized spacial score (nSPS) is 10.8. The van der Waals surface area contributed by atoms with Crippen LogP contribution in [-0.4, -0.2) is 13.0 Å². The third-order valence-corrected chi connectivity index (χ3v) is 2.62. The summed E-state index contributed by atoms with van der Waals surface area (Å²) in [5.74, 6) is 0.608. The zero-order chi connectivity index (χ0) is 8.48. The second-order valence-corrected chi connectivity index (χ2v) is 5.06. The monoisotopic (exact) mass is 230 g/mol. The van der Waals surface area contributed by atoms with Crippen LogP contribution in [0.15, 0.2) is 21.6 Å². The van der Waals surface area contributed by atoms with E-state index < -0.39 is 9.15 Å². The predicted molar refractivity (Wildman–Crippen MR) is 48.1 cm³/mol. The molecule has 0 bridgehead atoms. The van der Waals surface area contributed by atoms with E-state index in [-0.39, 0.29) is 28.3 Å². The zero-order valence-corrected chi connectivity index (χ0v) is 8.50. The van der Waals surface area contributed by atoms with Gasteiger partial charge in [0.15, 0.2) is 5.09 Å². The molecule has 70 valence electrons. The van der Waals surface area contributed by atoms with Crippen molar-refractivity contribution < 1.29 is 17.4 Å². The minimum absolute atomic E-state index is 0. The minimum atomic E-state index is -4.04. The Balaban J connectivity index is 0.00000121. The highest BCUT2D eigenvalue weighted by molar-refractivity contribution is 8.69. The lowest BCUT2D eigenvalue weighted by Crippen LogP contribution is -1.86. The van der Waals surface area contributed by atoms with Crippen molar-refractivity contribution in [1.29, 1.82) is 0 Å². The molecule has 0 atom stereocenters. The molecular weight excluding hydrogens is 224 g/mol. The van der Waals surface area contributed by atoms with Crippen LogP contribution in [-0.2, 0) is 9.15 Å². The molecule has 0 saturated carbocycles. The van der Waals surface area contributed by atoms with Gasteiger partial charge in [-0.05, 0) is 19.1 Å². The summed E-state index contributed by atoms with van der Waals surface area (Å²) < 4.78 is 33.8. The molecule has 1 rings (SSSR count). The molecule has 12 heavy (non-hydrogen) atoms. The van der Waals surface area contributed by atoms with Crippen LogP contribution in [0.3, 0.4) is 0 Å². The van der Waals surface area contributed by atoms with Gasteiger partial charge in [-0.25, -0.2) is 0 Å². The Kier molecular flexibility index (Phi) is 4.12. The number of hydrogen-bond donors (Lipinski definition) is 1. The van der Waals surface area contributed by atoms with Crippen molar-refractivity contribution in [3.8, 4) is 0 Å². The van der Waals surface area contributed by atoms with Crippen molar-refractivity contribution in [2.45, 2.75) is 12.0 Å². The Morgan fingerprint density at radius 2 is 2.08 bits per heavy atom. The summed E-state index contributed by atoms with van der Waals surface area (Å²) in [6.45, 7) is 1.69. The van der Waals surface area contributed by atoms with Crippen LogP contribution in [0, 0.1) is 6.92 Å². The Morgan fingerprint density at radius 3 is 2.42 bits per heavy atom. The molecule has 1 aromatic rings. The lowest BCUT2D eigenvalue weighted by molar-refractivity contribution is 0.448. The fraction of sp³-hybridized carbons (Fsp3) is 0.200. The number of rotatable bonds is 2. The standard InChI is InChI=1S/C5H6O4S2.ClH/c1-4-2-3-5(9-4)10-11(6,7)8;/h2-3H,1H3,(H,6,7,8);1H. The summed E-state index contributed by atoms with van der Waals surface area (Å²) in [4.78, 5) is 0. The summed E-state index contributed by atoms with van der Waals surface area (Å²) in [6, 6.07) is 3.10. The average molecular weight is 231 g/mol. The quantitative estimate of drug-likeness (QED) is 0.621. The molecule has 0 aliphatic rings. The molecule has 0 unspecified atom stereocenters.